The Morgan fingerprint density at radius 1 is 1.41 bits per heavy atom. The van der Waals surface area contributed by atoms with Crippen molar-refractivity contribution in [3.05, 3.63) is 0 Å². The number of hydrogen-bond donors (Lipinski definition) is 1. The summed E-state index contributed by atoms with van der Waals surface area (Å²) in [6.07, 6.45) is 2.38. The Bertz CT molecular complexity index is 218. The lowest BCUT2D eigenvalue weighted by atomic mass is 10.1. The van der Waals surface area contributed by atoms with Gasteiger partial charge >= 0.3 is 5.97 Å². The van der Waals surface area contributed by atoms with E-state index < -0.39 is 0 Å². The Morgan fingerprint density at radius 2 is 2.12 bits per heavy atom. The maximum atomic E-state index is 11.0. The fourth-order valence-corrected chi connectivity index (χ4v) is 2.00. The molecule has 0 amide bonds. The standard InChI is InChI=1S/C12H24N2O3/c1-3-17-12(15)10-16-9-8-14(2)11-4-6-13-7-5-11/h11,13H,3-10H2,1-2H3. The molecule has 100 valence electrons. The summed E-state index contributed by atoms with van der Waals surface area (Å²) in [6, 6.07) is 0.641. The number of nitrogens with one attached hydrogen (secondary N) is 1. The number of likely N-dealkylation sites (N-methyl/N-ethyl adjacent to an activating group) is 1. The molecule has 5 heteroatoms. The van der Waals surface area contributed by atoms with E-state index in [1.807, 2.05) is 0 Å². The molecule has 1 aliphatic heterocycles. The van der Waals surface area contributed by atoms with E-state index in [9.17, 15) is 4.79 Å². The minimum atomic E-state index is -0.281. The minimum absolute atomic E-state index is 0.0634. The molecule has 0 saturated carbocycles. The summed E-state index contributed by atoms with van der Waals surface area (Å²) >= 11 is 0. The molecule has 0 aromatic heterocycles. The summed E-state index contributed by atoms with van der Waals surface area (Å²) in [7, 11) is 2.11. The van der Waals surface area contributed by atoms with Crippen molar-refractivity contribution in [1.82, 2.24) is 10.2 Å². The number of rotatable bonds is 7. The van der Waals surface area contributed by atoms with Crippen molar-refractivity contribution in [3.63, 3.8) is 0 Å². The van der Waals surface area contributed by atoms with Crippen molar-refractivity contribution in [2.24, 2.45) is 0 Å². The molecule has 1 N–H and O–H groups in total. The first-order valence-electron chi connectivity index (χ1n) is 6.38. The third kappa shape index (κ3) is 6.00. The second-order valence-electron chi connectivity index (χ2n) is 4.32. The van der Waals surface area contributed by atoms with Crippen LogP contribution < -0.4 is 5.32 Å². The van der Waals surface area contributed by atoms with Crippen molar-refractivity contribution in [1.29, 1.82) is 0 Å². The van der Waals surface area contributed by atoms with Gasteiger partial charge in [0.05, 0.1) is 13.2 Å². The third-order valence-electron chi connectivity index (χ3n) is 3.05. The van der Waals surface area contributed by atoms with Gasteiger partial charge in [0.15, 0.2) is 0 Å². The average molecular weight is 244 g/mol. The van der Waals surface area contributed by atoms with Crippen LogP contribution in [0.3, 0.4) is 0 Å². The van der Waals surface area contributed by atoms with Crippen LogP contribution in [0.1, 0.15) is 19.8 Å². The number of carbonyl (C=O) groups excluding carboxylic acids is 1. The average Bonchev–Trinajstić information content (AvgIpc) is 2.36. The normalized spacial score (nSPS) is 17.4. The molecule has 0 aromatic carbocycles. The van der Waals surface area contributed by atoms with Crippen LogP contribution in [0.5, 0.6) is 0 Å². The van der Waals surface area contributed by atoms with Crippen LogP contribution in [0, 0.1) is 0 Å². The molecular formula is C12H24N2O3. The predicted octanol–water partition coefficient (Wildman–Crippen LogP) is 0.250. The minimum Gasteiger partial charge on any atom is -0.464 e. The molecular weight excluding hydrogens is 220 g/mol. The van der Waals surface area contributed by atoms with Crippen molar-refractivity contribution in [2.45, 2.75) is 25.8 Å². The van der Waals surface area contributed by atoms with E-state index >= 15 is 0 Å². The first-order chi connectivity index (χ1) is 8.24. The first-order valence-corrected chi connectivity index (χ1v) is 6.38. The van der Waals surface area contributed by atoms with Crippen LogP contribution in [-0.4, -0.2) is 63.4 Å². The largest absolute Gasteiger partial charge is 0.464 e. The highest BCUT2D eigenvalue weighted by molar-refractivity contribution is 5.70. The van der Waals surface area contributed by atoms with Crippen molar-refractivity contribution >= 4 is 5.97 Å². The summed E-state index contributed by atoms with van der Waals surface area (Å²) in [4.78, 5) is 13.3. The fourth-order valence-electron chi connectivity index (χ4n) is 2.00. The number of nitrogens with zero attached hydrogens (tertiary/aromatic N) is 1. The topological polar surface area (TPSA) is 50.8 Å². The van der Waals surface area contributed by atoms with Gasteiger partial charge in [0.25, 0.3) is 0 Å². The second-order valence-corrected chi connectivity index (χ2v) is 4.32. The SMILES string of the molecule is CCOC(=O)COCCN(C)C1CCNCC1. The molecule has 0 unspecified atom stereocenters. The van der Waals surface area contributed by atoms with Crippen LogP contribution in [0.25, 0.3) is 0 Å². The van der Waals surface area contributed by atoms with Crippen LogP contribution in [0.15, 0.2) is 0 Å². The number of carbonyl (C=O) groups is 1. The van der Waals surface area contributed by atoms with E-state index in [1.165, 1.54) is 12.8 Å². The van der Waals surface area contributed by atoms with E-state index in [-0.39, 0.29) is 12.6 Å². The van der Waals surface area contributed by atoms with Crippen LogP contribution in [-0.2, 0) is 14.3 Å². The van der Waals surface area contributed by atoms with Crippen molar-refractivity contribution < 1.29 is 14.3 Å². The van der Waals surface area contributed by atoms with Gasteiger partial charge in [0.2, 0.25) is 0 Å². The Labute approximate surface area is 103 Å². The zero-order chi connectivity index (χ0) is 12.5. The van der Waals surface area contributed by atoms with Gasteiger partial charge in [-0.25, -0.2) is 4.79 Å². The molecule has 0 spiro atoms. The summed E-state index contributed by atoms with van der Waals surface area (Å²) in [5, 5.41) is 3.35. The Hall–Kier alpha value is -0.650. The van der Waals surface area contributed by atoms with Crippen LogP contribution in [0.2, 0.25) is 0 Å². The van der Waals surface area contributed by atoms with Gasteiger partial charge in [0.1, 0.15) is 6.61 Å². The van der Waals surface area contributed by atoms with Crippen molar-refractivity contribution in [3.8, 4) is 0 Å². The van der Waals surface area contributed by atoms with E-state index in [0.717, 1.165) is 19.6 Å². The van der Waals surface area contributed by atoms with Gasteiger partial charge in [-0.05, 0) is 39.9 Å². The highest BCUT2D eigenvalue weighted by Gasteiger charge is 2.17. The quantitative estimate of drug-likeness (QED) is 0.514. The van der Waals surface area contributed by atoms with Crippen LogP contribution in [0.4, 0.5) is 0 Å². The molecule has 0 bridgehead atoms. The number of hydrogen-bond acceptors (Lipinski definition) is 5. The highest BCUT2D eigenvalue weighted by atomic mass is 16.6. The van der Waals surface area contributed by atoms with E-state index in [4.69, 9.17) is 9.47 Å². The smallest absolute Gasteiger partial charge is 0.332 e. The monoisotopic (exact) mass is 244 g/mol. The third-order valence-corrected chi connectivity index (χ3v) is 3.05. The molecule has 1 heterocycles. The number of esters is 1. The summed E-state index contributed by atoms with van der Waals surface area (Å²) in [6.45, 7) is 5.91. The molecule has 1 saturated heterocycles. The van der Waals surface area contributed by atoms with Gasteiger partial charge < -0.3 is 19.7 Å². The lowest BCUT2D eigenvalue weighted by Gasteiger charge is -2.31. The molecule has 5 nitrogen and oxygen atoms in total. The fraction of sp³-hybridized carbons (Fsp3) is 0.917. The van der Waals surface area contributed by atoms with Crippen molar-refractivity contribution in [2.75, 3.05) is 46.5 Å². The highest BCUT2D eigenvalue weighted by Crippen LogP contribution is 2.08. The van der Waals surface area contributed by atoms with E-state index in [2.05, 4.69) is 17.3 Å². The maximum absolute atomic E-state index is 11.0. The summed E-state index contributed by atoms with van der Waals surface area (Å²) in [5.74, 6) is -0.281. The zero-order valence-electron chi connectivity index (χ0n) is 10.9. The number of ether oxygens (including phenoxy) is 2. The van der Waals surface area contributed by atoms with E-state index in [1.54, 1.807) is 6.92 Å². The van der Waals surface area contributed by atoms with E-state index in [0.29, 0.717) is 19.3 Å². The van der Waals surface area contributed by atoms with Gasteiger partial charge in [-0.3, -0.25) is 0 Å². The second kappa shape index (κ2) is 8.44. The zero-order valence-corrected chi connectivity index (χ0v) is 10.9. The maximum Gasteiger partial charge on any atom is 0.332 e. The Kier molecular flexibility index (Phi) is 7.16. The summed E-state index contributed by atoms with van der Waals surface area (Å²) in [5.41, 5.74) is 0. The molecule has 17 heavy (non-hydrogen) atoms. The molecule has 0 atom stereocenters. The number of piperidine rings is 1. The van der Waals surface area contributed by atoms with Gasteiger partial charge in [-0.2, -0.15) is 0 Å². The molecule has 1 aliphatic rings. The molecule has 0 aromatic rings. The Balaban J connectivity index is 2.03. The molecule has 0 aliphatic carbocycles. The molecule has 1 rings (SSSR count). The lowest BCUT2D eigenvalue weighted by Crippen LogP contribution is -2.42. The Morgan fingerprint density at radius 3 is 2.76 bits per heavy atom. The molecule has 0 radical (unpaired) electrons. The predicted molar refractivity (Wildman–Crippen MR) is 66.0 cm³/mol. The first kappa shape index (κ1) is 14.4. The molecule has 1 fully saturated rings. The van der Waals surface area contributed by atoms with Gasteiger partial charge in [-0.1, -0.05) is 0 Å². The van der Waals surface area contributed by atoms with Crippen LogP contribution >= 0.6 is 0 Å². The van der Waals surface area contributed by atoms with Gasteiger partial charge in [0, 0.05) is 12.6 Å². The van der Waals surface area contributed by atoms with Gasteiger partial charge in [-0.15, -0.1) is 0 Å². The summed E-state index contributed by atoms with van der Waals surface area (Å²) < 4.78 is 10.1. The lowest BCUT2D eigenvalue weighted by molar-refractivity contribution is -0.148.